The van der Waals surface area contributed by atoms with E-state index in [1.54, 1.807) is 18.3 Å². The van der Waals surface area contributed by atoms with E-state index >= 15 is 0 Å². The monoisotopic (exact) mass is 1030 g/mol. The van der Waals surface area contributed by atoms with Gasteiger partial charge in [-0.2, -0.15) is 0 Å². The molecule has 0 bridgehead atoms. The summed E-state index contributed by atoms with van der Waals surface area (Å²) >= 11 is 0. The number of aromatic nitrogens is 3. The largest absolute Gasteiger partial charge is 0.507 e. The van der Waals surface area contributed by atoms with Gasteiger partial charge in [-0.25, -0.2) is 4.98 Å². The molecule has 0 unspecified atom stereocenters. The van der Waals surface area contributed by atoms with Gasteiger partial charge >= 0.3 is 0 Å². The predicted molar refractivity (Wildman–Crippen MR) is 267 cm³/mol. The maximum absolute atomic E-state index is 12.1. The molecule has 0 aliphatic rings. The van der Waals surface area contributed by atoms with Gasteiger partial charge in [0.25, 0.3) is 0 Å². The van der Waals surface area contributed by atoms with E-state index in [-0.39, 0.29) is 48.6 Å². The van der Waals surface area contributed by atoms with E-state index < -0.39 is 6.85 Å². The van der Waals surface area contributed by atoms with Crippen molar-refractivity contribution in [3.8, 4) is 67.5 Å². The van der Waals surface area contributed by atoms with Crippen molar-refractivity contribution in [1.82, 2.24) is 14.5 Å². The summed E-state index contributed by atoms with van der Waals surface area (Å²) in [7, 11) is 0. The summed E-state index contributed by atoms with van der Waals surface area (Å²) in [6.07, 6.45) is 1.77. The van der Waals surface area contributed by atoms with Crippen molar-refractivity contribution in [1.29, 1.82) is 0 Å². The molecule has 0 aliphatic heterocycles. The van der Waals surface area contributed by atoms with Gasteiger partial charge in [0.05, 0.1) is 22.3 Å². The van der Waals surface area contributed by atoms with Crippen LogP contribution in [0.4, 0.5) is 0 Å². The van der Waals surface area contributed by atoms with Gasteiger partial charge in [-0.3, -0.25) is 9.55 Å². The molecule has 0 atom stereocenters. The van der Waals surface area contributed by atoms with E-state index in [1.807, 2.05) is 60.7 Å². The second-order valence-corrected chi connectivity index (χ2v) is 19.4. The average Bonchev–Trinajstić information content (AvgIpc) is 3.70. The molecular weight excluding hydrogens is 974 g/mol. The van der Waals surface area contributed by atoms with Gasteiger partial charge in [-0.05, 0) is 85.7 Å². The Morgan fingerprint density at radius 2 is 1.15 bits per heavy atom. The van der Waals surface area contributed by atoms with E-state index in [0.717, 1.165) is 44.6 Å². The zero-order chi connectivity index (χ0) is 47.5. The fraction of sp³-hybridized carbons (Fsp3) is 0.200. The summed E-state index contributed by atoms with van der Waals surface area (Å²) < 4.78 is 28.1. The normalized spacial score (nSPS) is 12.9. The first-order chi connectivity index (χ1) is 31.8. The van der Waals surface area contributed by atoms with Crippen LogP contribution in [0, 0.1) is 12.9 Å². The molecular formula is C60H56N3OPt-. The first-order valence-electron chi connectivity index (χ1n) is 23.5. The van der Waals surface area contributed by atoms with Crippen LogP contribution >= 0.6 is 0 Å². The fourth-order valence-corrected chi connectivity index (χ4v) is 8.92. The Balaban J connectivity index is 0.00000625. The van der Waals surface area contributed by atoms with Gasteiger partial charge in [0.1, 0.15) is 11.6 Å². The number of benzene rings is 7. The molecule has 0 fully saturated rings. The van der Waals surface area contributed by atoms with Crippen molar-refractivity contribution in [2.24, 2.45) is 0 Å². The SMILES string of the molecule is [2H]C([2H])([2H])c1cc(-c2cc(-c3ccc(C(C)(C)c4ccccc4)cc3)ccn2)[c-]c(-c2cccc3c2nc(-c2cccc(C(C)(C)C)c2O)n3-c2ccc(-c3ccccc3)cc2C(C)(C)C)c1.[Pt]. The minimum atomic E-state index is -2.42. The van der Waals surface area contributed by atoms with Crippen LogP contribution in [0.2, 0.25) is 0 Å². The molecule has 0 saturated carbocycles. The zero-order valence-corrected chi connectivity index (χ0v) is 40.5. The number of phenols is 1. The average molecular weight is 1030 g/mol. The molecule has 65 heavy (non-hydrogen) atoms. The number of phenolic OH excluding ortho intramolecular Hbond substituents is 1. The first kappa shape index (κ1) is 41.4. The number of rotatable bonds is 8. The smallest absolute Gasteiger partial charge is 0.148 e. The summed E-state index contributed by atoms with van der Waals surface area (Å²) in [6, 6.07) is 58.9. The number of pyridine rings is 1. The molecule has 4 nitrogen and oxygen atoms in total. The number of hydrogen-bond acceptors (Lipinski definition) is 3. The number of aryl methyl sites for hydroxylation is 1. The Bertz CT molecular complexity index is 3270. The van der Waals surface area contributed by atoms with Crippen LogP contribution in [0.5, 0.6) is 5.75 Å². The van der Waals surface area contributed by atoms with Crippen LogP contribution in [0.25, 0.3) is 72.7 Å². The van der Waals surface area contributed by atoms with Crippen molar-refractivity contribution < 1.29 is 30.3 Å². The fourth-order valence-electron chi connectivity index (χ4n) is 8.92. The van der Waals surface area contributed by atoms with Crippen molar-refractivity contribution in [3.63, 3.8) is 0 Å². The summed E-state index contributed by atoms with van der Waals surface area (Å²) in [6.45, 7) is 15.0. The summed E-state index contributed by atoms with van der Waals surface area (Å²) in [5, 5.41) is 12.1. The molecule has 7 aromatic carbocycles. The van der Waals surface area contributed by atoms with E-state index in [4.69, 9.17) is 14.1 Å². The van der Waals surface area contributed by atoms with E-state index in [0.29, 0.717) is 39.3 Å². The molecule has 0 aliphatic carbocycles. The number of hydrogen-bond donors (Lipinski definition) is 1. The maximum atomic E-state index is 12.1. The van der Waals surface area contributed by atoms with Crippen LogP contribution in [-0.4, -0.2) is 19.6 Å². The minimum Gasteiger partial charge on any atom is -0.507 e. The number of aromatic hydroxyl groups is 1. The van der Waals surface area contributed by atoms with Crippen LogP contribution in [0.1, 0.15) is 87.3 Å². The van der Waals surface area contributed by atoms with Crippen LogP contribution in [-0.2, 0) is 37.3 Å². The summed E-state index contributed by atoms with van der Waals surface area (Å²) in [5.41, 5.74) is 13.4. The van der Waals surface area contributed by atoms with E-state index in [1.165, 1.54) is 11.1 Å². The first-order valence-corrected chi connectivity index (χ1v) is 22.0. The van der Waals surface area contributed by atoms with E-state index in [9.17, 15) is 5.11 Å². The van der Waals surface area contributed by atoms with Crippen molar-refractivity contribution in [2.45, 2.75) is 78.5 Å². The summed E-state index contributed by atoms with van der Waals surface area (Å²) in [5.74, 6) is 0.744. The number of nitrogens with zero attached hydrogens (tertiary/aromatic N) is 3. The number of fused-ring (bicyclic) bond motifs is 1. The van der Waals surface area contributed by atoms with Gasteiger partial charge in [-0.1, -0.05) is 195 Å². The van der Waals surface area contributed by atoms with Gasteiger partial charge in [0.2, 0.25) is 0 Å². The standard InChI is InChI=1S/C60H56N3O.Pt/c1-39-34-44(36-45(35-39)52-38-43(32-33-61-52)41-26-29-47(30-27-41)60(8,9)46-20-14-11-15-21-46)48-22-17-25-54-55(48)62-57(49-23-16-24-50(56(49)64)58(2,3)4)63(54)53-31-28-42(37-51(53)59(5,6)7)40-18-12-10-13-19-40;/h10-35,37-38,64H,1-9H3;/q-1;/i1D3;. The van der Waals surface area contributed by atoms with E-state index in [2.05, 4.69) is 157 Å². The van der Waals surface area contributed by atoms with Crippen molar-refractivity contribution in [3.05, 3.63) is 204 Å². The Hall–Kier alpha value is -6.35. The van der Waals surface area contributed by atoms with Crippen LogP contribution < -0.4 is 0 Å². The summed E-state index contributed by atoms with van der Waals surface area (Å²) in [4.78, 5) is 10.2. The molecule has 328 valence electrons. The number of para-hydroxylation sites is 2. The van der Waals surface area contributed by atoms with Crippen LogP contribution in [0.3, 0.4) is 0 Å². The van der Waals surface area contributed by atoms with Gasteiger partial charge in [0.15, 0.2) is 0 Å². The molecule has 5 heteroatoms. The third-order valence-corrected chi connectivity index (χ3v) is 12.6. The van der Waals surface area contributed by atoms with Crippen molar-refractivity contribution in [2.75, 3.05) is 0 Å². The topological polar surface area (TPSA) is 50.9 Å². The predicted octanol–water partition coefficient (Wildman–Crippen LogP) is 15.5. The maximum Gasteiger partial charge on any atom is 0.148 e. The van der Waals surface area contributed by atoms with Crippen molar-refractivity contribution >= 4 is 11.0 Å². The molecule has 9 rings (SSSR count). The molecule has 9 aromatic rings. The molecule has 0 saturated heterocycles. The molecule has 2 aromatic heterocycles. The molecule has 0 spiro atoms. The van der Waals surface area contributed by atoms with Crippen LogP contribution in [0.15, 0.2) is 170 Å². The second kappa shape index (κ2) is 17.6. The number of imidazole rings is 1. The molecule has 0 amide bonds. The van der Waals surface area contributed by atoms with Gasteiger partial charge in [0, 0.05) is 42.5 Å². The Kier molecular flexibility index (Phi) is 11.2. The third-order valence-electron chi connectivity index (χ3n) is 12.6. The Labute approximate surface area is 403 Å². The quantitative estimate of drug-likeness (QED) is 0.154. The molecule has 0 radical (unpaired) electrons. The minimum absolute atomic E-state index is 0. The second-order valence-electron chi connectivity index (χ2n) is 19.4. The zero-order valence-electron chi connectivity index (χ0n) is 41.3. The Morgan fingerprint density at radius 1 is 0.554 bits per heavy atom. The van der Waals surface area contributed by atoms with Gasteiger partial charge in [-0.15, -0.1) is 29.3 Å². The third kappa shape index (κ3) is 8.77. The Morgan fingerprint density at radius 3 is 1.85 bits per heavy atom. The van der Waals surface area contributed by atoms with Gasteiger partial charge < -0.3 is 5.11 Å². The molecule has 2 heterocycles. The molecule has 1 N–H and O–H groups in total.